The zero-order chi connectivity index (χ0) is 15.2. The summed E-state index contributed by atoms with van der Waals surface area (Å²) in [5, 5.41) is 5.79. The fraction of sp³-hybridized carbons (Fsp3) is 0.188. The zero-order valence-corrected chi connectivity index (χ0v) is 11.9. The van der Waals surface area contributed by atoms with Gasteiger partial charge in [-0.15, -0.1) is 0 Å². The van der Waals surface area contributed by atoms with Crippen LogP contribution in [0.25, 0.3) is 0 Å². The van der Waals surface area contributed by atoms with E-state index < -0.39 is 5.82 Å². The van der Waals surface area contributed by atoms with E-state index in [0.29, 0.717) is 17.8 Å². The quantitative estimate of drug-likeness (QED) is 0.885. The van der Waals surface area contributed by atoms with Crippen LogP contribution in [0.3, 0.4) is 0 Å². The van der Waals surface area contributed by atoms with Crippen LogP contribution in [0.2, 0.25) is 0 Å². The summed E-state index contributed by atoms with van der Waals surface area (Å²) in [5.74, 6) is -0.674. The van der Waals surface area contributed by atoms with Gasteiger partial charge in [-0.05, 0) is 31.2 Å². The van der Waals surface area contributed by atoms with Crippen molar-refractivity contribution in [3.8, 4) is 5.75 Å². The van der Waals surface area contributed by atoms with Crippen molar-refractivity contribution in [1.29, 1.82) is 0 Å². The lowest BCUT2D eigenvalue weighted by molar-refractivity contribution is 0.102. The van der Waals surface area contributed by atoms with E-state index in [1.54, 1.807) is 18.2 Å². The molecule has 110 valence electrons. The van der Waals surface area contributed by atoms with Gasteiger partial charge in [-0.2, -0.15) is 0 Å². The smallest absolute Gasteiger partial charge is 0.257 e. The molecule has 0 unspecified atom stereocenters. The lowest BCUT2D eigenvalue weighted by atomic mass is 10.1. The van der Waals surface area contributed by atoms with Crippen LogP contribution in [-0.4, -0.2) is 19.6 Å². The molecule has 2 aromatic carbocycles. The van der Waals surface area contributed by atoms with Crippen LogP contribution >= 0.6 is 0 Å². The Labute approximate surface area is 122 Å². The number of methoxy groups -OCH3 is 1. The van der Waals surface area contributed by atoms with Crippen molar-refractivity contribution in [3.05, 3.63) is 53.8 Å². The molecule has 0 heterocycles. The summed E-state index contributed by atoms with van der Waals surface area (Å²) in [6.45, 7) is 2.66. The molecule has 0 saturated carbocycles. The average Bonchev–Trinajstić information content (AvgIpc) is 2.48. The molecule has 0 saturated heterocycles. The molecule has 2 N–H and O–H groups in total. The van der Waals surface area contributed by atoms with Crippen molar-refractivity contribution < 1.29 is 13.9 Å². The lowest BCUT2D eigenvalue weighted by Crippen LogP contribution is -2.14. The number of benzene rings is 2. The predicted octanol–water partition coefficient (Wildman–Crippen LogP) is 3.52. The number of amides is 1. The molecule has 0 radical (unpaired) electrons. The van der Waals surface area contributed by atoms with Gasteiger partial charge in [0.1, 0.15) is 0 Å². The molecule has 1 amide bonds. The highest BCUT2D eigenvalue weighted by Crippen LogP contribution is 2.22. The van der Waals surface area contributed by atoms with E-state index in [1.165, 1.54) is 19.2 Å². The Bertz CT molecular complexity index is 644. The number of rotatable bonds is 5. The van der Waals surface area contributed by atoms with Crippen LogP contribution in [0.15, 0.2) is 42.5 Å². The summed E-state index contributed by atoms with van der Waals surface area (Å²) < 4.78 is 18.5. The van der Waals surface area contributed by atoms with E-state index in [2.05, 4.69) is 10.6 Å². The summed E-state index contributed by atoms with van der Waals surface area (Å²) in [5.41, 5.74) is 1.63. The number of carbonyl (C=O) groups is 1. The summed E-state index contributed by atoms with van der Waals surface area (Å²) >= 11 is 0. The Hall–Kier alpha value is -2.56. The molecular weight excluding hydrogens is 271 g/mol. The van der Waals surface area contributed by atoms with Crippen molar-refractivity contribution in [1.82, 2.24) is 0 Å². The van der Waals surface area contributed by atoms with Gasteiger partial charge in [0.2, 0.25) is 0 Å². The third kappa shape index (κ3) is 3.51. The van der Waals surface area contributed by atoms with E-state index in [1.807, 2.05) is 19.1 Å². The number of para-hydroxylation sites is 1. The molecule has 0 aliphatic rings. The molecule has 4 nitrogen and oxygen atoms in total. The van der Waals surface area contributed by atoms with Gasteiger partial charge in [-0.3, -0.25) is 4.79 Å². The zero-order valence-electron chi connectivity index (χ0n) is 11.9. The summed E-state index contributed by atoms with van der Waals surface area (Å²) in [6.07, 6.45) is 0. The van der Waals surface area contributed by atoms with Crippen molar-refractivity contribution in [2.45, 2.75) is 6.92 Å². The normalized spacial score (nSPS) is 10.0. The largest absolute Gasteiger partial charge is 0.494 e. The molecular formula is C16H17FN2O2. The van der Waals surface area contributed by atoms with Crippen LogP contribution in [0.5, 0.6) is 5.75 Å². The lowest BCUT2D eigenvalue weighted by Gasteiger charge is -2.11. The maximum atomic E-state index is 13.6. The Balaban J connectivity index is 2.20. The molecule has 0 spiro atoms. The van der Waals surface area contributed by atoms with Crippen molar-refractivity contribution in [2.24, 2.45) is 0 Å². The fourth-order valence-electron chi connectivity index (χ4n) is 1.97. The first-order valence-electron chi connectivity index (χ1n) is 6.63. The van der Waals surface area contributed by atoms with Crippen LogP contribution in [-0.2, 0) is 0 Å². The maximum absolute atomic E-state index is 13.6. The van der Waals surface area contributed by atoms with Crippen molar-refractivity contribution >= 4 is 17.3 Å². The van der Waals surface area contributed by atoms with E-state index >= 15 is 0 Å². The van der Waals surface area contributed by atoms with Gasteiger partial charge in [-0.1, -0.05) is 12.1 Å². The SMILES string of the molecule is CCNc1ccccc1C(=O)Nc1ccc(OC)c(F)c1. The summed E-state index contributed by atoms with van der Waals surface area (Å²) in [6, 6.07) is 11.5. The topological polar surface area (TPSA) is 50.4 Å². The monoisotopic (exact) mass is 288 g/mol. The maximum Gasteiger partial charge on any atom is 0.257 e. The molecule has 2 aromatic rings. The van der Waals surface area contributed by atoms with Gasteiger partial charge < -0.3 is 15.4 Å². The van der Waals surface area contributed by atoms with Gasteiger partial charge in [0, 0.05) is 24.0 Å². The van der Waals surface area contributed by atoms with E-state index in [-0.39, 0.29) is 11.7 Å². The highest BCUT2D eigenvalue weighted by Gasteiger charge is 2.12. The highest BCUT2D eigenvalue weighted by molar-refractivity contribution is 6.08. The first kappa shape index (κ1) is 14.8. The third-order valence-corrected chi connectivity index (χ3v) is 2.95. The second kappa shape index (κ2) is 6.74. The predicted molar refractivity (Wildman–Crippen MR) is 81.5 cm³/mol. The van der Waals surface area contributed by atoms with Crippen LogP contribution in [0.1, 0.15) is 17.3 Å². The molecule has 21 heavy (non-hydrogen) atoms. The first-order chi connectivity index (χ1) is 10.2. The van der Waals surface area contributed by atoms with Gasteiger partial charge in [-0.25, -0.2) is 4.39 Å². The molecule has 0 aromatic heterocycles. The van der Waals surface area contributed by atoms with Crippen LogP contribution in [0, 0.1) is 5.82 Å². The number of carbonyl (C=O) groups excluding carboxylic acids is 1. The number of hydrogen-bond donors (Lipinski definition) is 2. The van der Waals surface area contributed by atoms with Crippen molar-refractivity contribution in [3.63, 3.8) is 0 Å². The Kier molecular flexibility index (Phi) is 4.77. The minimum absolute atomic E-state index is 0.140. The number of nitrogens with one attached hydrogen (secondary N) is 2. The number of hydrogen-bond acceptors (Lipinski definition) is 3. The minimum atomic E-state index is -0.518. The Morgan fingerprint density at radius 3 is 2.67 bits per heavy atom. The van der Waals surface area contributed by atoms with E-state index in [0.717, 1.165) is 5.69 Å². The average molecular weight is 288 g/mol. The molecule has 0 aliphatic heterocycles. The second-order valence-corrected chi connectivity index (χ2v) is 4.38. The third-order valence-electron chi connectivity index (χ3n) is 2.95. The molecule has 0 aliphatic carbocycles. The first-order valence-corrected chi connectivity index (χ1v) is 6.63. The summed E-state index contributed by atoms with van der Waals surface area (Å²) in [4.78, 5) is 12.3. The minimum Gasteiger partial charge on any atom is -0.494 e. The summed E-state index contributed by atoms with van der Waals surface area (Å²) in [7, 11) is 1.39. The van der Waals surface area contributed by atoms with E-state index in [9.17, 15) is 9.18 Å². The van der Waals surface area contributed by atoms with Gasteiger partial charge in [0.05, 0.1) is 12.7 Å². The molecule has 2 rings (SSSR count). The fourth-order valence-corrected chi connectivity index (χ4v) is 1.97. The van der Waals surface area contributed by atoms with Crippen LogP contribution in [0.4, 0.5) is 15.8 Å². The molecule has 0 fully saturated rings. The number of halogens is 1. The molecule has 5 heteroatoms. The van der Waals surface area contributed by atoms with E-state index in [4.69, 9.17) is 4.74 Å². The molecule has 0 atom stereocenters. The second-order valence-electron chi connectivity index (χ2n) is 4.38. The number of anilines is 2. The number of ether oxygens (including phenoxy) is 1. The molecule has 0 bridgehead atoms. The Morgan fingerprint density at radius 1 is 1.24 bits per heavy atom. The van der Waals surface area contributed by atoms with Crippen molar-refractivity contribution in [2.75, 3.05) is 24.3 Å². The van der Waals surface area contributed by atoms with Crippen LogP contribution < -0.4 is 15.4 Å². The van der Waals surface area contributed by atoms with Gasteiger partial charge in [0.25, 0.3) is 5.91 Å². The highest BCUT2D eigenvalue weighted by atomic mass is 19.1. The standard InChI is InChI=1S/C16H17FN2O2/c1-3-18-14-7-5-4-6-12(14)16(20)19-11-8-9-15(21-2)13(17)10-11/h4-10,18H,3H2,1-2H3,(H,19,20). The Morgan fingerprint density at radius 2 is 2.00 bits per heavy atom. The van der Waals surface area contributed by atoms with Gasteiger partial charge in [0.15, 0.2) is 11.6 Å². The van der Waals surface area contributed by atoms with Gasteiger partial charge >= 0.3 is 0 Å².